The van der Waals surface area contributed by atoms with Gasteiger partial charge < -0.3 is 9.80 Å². The van der Waals surface area contributed by atoms with Gasteiger partial charge in [0.15, 0.2) is 0 Å². The van der Waals surface area contributed by atoms with E-state index in [1.165, 1.54) is 0 Å². The molecular weight excluding hydrogens is 402 g/mol. The molecule has 1 unspecified atom stereocenters. The molecule has 3 fully saturated rings. The summed E-state index contributed by atoms with van der Waals surface area (Å²) < 4.78 is 27.6. The van der Waals surface area contributed by atoms with Crippen LogP contribution in [0.1, 0.15) is 50.5 Å². The number of carbonyl (C=O) groups excluding carboxylic acids is 2. The first kappa shape index (κ1) is 20.0. The first-order valence-corrected chi connectivity index (χ1v) is 12.7. The van der Waals surface area contributed by atoms with E-state index in [0.717, 1.165) is 49.8 Å². The van der Waals surface area contributed by atoms with Crippen molar-refractivity contribution >= 4 is 27.5 Å². The molecule has 162 valence electrons. The summed E-state index contributed by atoms with van der Waals surface area (Å²) in [5, 5.41) is 0. The van der Waals surface area contributed by atoms with E-state index in [1.807, 2.05) is 0 Å². The van der Waals surface area contributed by atoms with Crippen LogP contribution < -0.4 is 4.90 Å². The maximum absolute atomic E-state index is 13.3. The second kappa shape index (κ2) is 7.64. The fraction of sp³-hybridized carbons (Fsp3) is 0.636. The SMILES string of the molecule is O=C(C1CCCN1C(=O)C1CC1)N1CCc2cc(S(=O)(=O)N3CCCCC3)ccc21. The zero-order valence-electron chi connectivity index (χ0n) is 17.3. The summed E-state index contributed by atoms with van der Waals surface area (Å²) in [6.45, 7) is 2.37. The molecule has 0 N–H and O–H groups in total. The van der Waals surface area contributed by atoms with Crippen molar-refractivity contribution in [3.63, 3.8) is 0 Å². The van der Waals surface area contributed by atoms with Gasteiger partial charge in [0, 0.05) is 37.8 Å². The van der Waals surface area contributed by atoms with Crippen molar-refractivity contribution in [2.24, 2.45) is 5.92 Å². The summed E-state index contributed by atoms with van der Waals surface area (Å²) in [6.07, 6.45) is 7.00. The number of carbonyl (C=O) groups is 2. The van der Waals surface area contributed by atoms with E-state index in [-0.39, 0.29) is 23.8 Å². The van der Waals surface area contributed by atoms with E-state index < -0.39 is 10.0 Å². The lowest BCUT2D eigenvalue weighted by Crippen LogP contribution is -2.48. The molecule has 2 saturated heterocycles. The van der Waals surface area contributed by atoms with E-state index in [2.05, 4.69) is 0 Å². The van der Waals surface area contributed by atoms with Gasteiger partial charge in [0.2, 0.25) is 21.8 Å². The van der Waals surface area contributed by atoms with Crippen LogP contribution in [0.15, 0.2) is 23.1 Å². The minimum Gasteiger partial charge on any atom is -0.330 e. The van der Waals surface area contributed by atoms with Gasteiger partial charge in [-0.05, 0) is 68.7 Å². The van der Waals surface area contributed by atoms with Crippen molar-refractivity contribution in [1.82, 2.24) is 9.21 Å². The molecule has 1 saturated carbocycles. The van der Waals surface area contributed by atoms with Gasteiger partial charge >= 0.3 is 0 Å². The first-order valence-electron chi connectivity index (χ1n) is 11.2. The highest BCUT2D eigenvalue weighted by molar-refractivity contribution is 7.89. The minimum atomic E-state index is -3.48. The Balaban J connectivity index is 1.36. The topological polar surface area (TPSA) is 78.0 Å². The molecular formula is C22H29N3O4S. The molecule has 1 aromatic rings. The Hall–Kier alpha value is -1.93. The van der Waals surface area contributed by atoms with Gasteiger partial charge in [-0.1, -0.05) is 6.42 Å². The molecule has 0 radical (unpaired) electrons. The molecule has 4 aliphatic rings. The summed E-state index contributed by atoms with van der Waals surface area (Å²) in [4.78, 5) is 29.7. The predicted octanol–water partition coefficient (Wildman–Crippen LogP) is 2.15. The van der Waals surface area contributed by atoms with Crippen LogP contribution in [0.4, 0.5) is 5.69 Å². The van der Waals surface area contributed by atoms with Gasteiger partial charge in [-0.15, -0.1) is 0 Å². The Kier molecular flexibility index (Phi) is 5.09. The fourth-order valence-electron chi connectivity index (χ4n) is 5.05. The average molecular weight is 432 g/mol. The number of fused-ring (bicyclic) bond motifs is 1. The highest BCUT2D eigenvalue weighted by Crippen LogP contribution is 2.36. The normalized spacial score (nSPS) is 24.9. The van der Waals surface area contributed by atoms with Gasteiger partial charge in [0.1, 0.15) is 6.04 Å². The van der Waals surface area contributed by atoms with Gasteiger partial charge in [0.05, 0.1) is 4.90 Å². The molecule has 30 heavy (non-hydrogen) atoms. The molecule has 5 rings (SSSR count). The Bertz CT molecular complexity index is 967. The largest absolute Gasteiger partial charge is 0.330 e. The predicted molar refractivity (Wildman–Crippen MR) is 113 cm³/mol. The minimum absolute atomic E-state index is 0.0214. The van der Waals surface area contributed by atoms with Gasteiger partial charge in [-0.25, -0.2) is 8.42 Å². The second-order valence-electron chi connectivity index (χ2n) is 8.96. The van der Waals surface area contributed by atoms with Crippen LogP contribution in [0.3, 0.4) is 0 Å². The molecule has 2 amide bonds. The maximum Gasteiger partial charge on any atom is 0.249 e. The smallest absolute Gasteiger partial charge is 0.249 e. The van der Waals surface area contributed by atoms with Crippen molar-refractivity contribution in [2.75, 3.05) is 31.1 Å². The highest BCUT2D eigenvalue weighted by atomic mass is 32.2. The molecule has 0 bridgehead atoms. The number of amides is 2. The molecule has 3 heterocycles. The van der Waals surface area contributed by atoms with Gasteiger partial charge in [0.25, 0.3) is 0 Å². The number of nitrogens with zero attached hydrogens (tertiary/aromatic N) is 3. The van der Waals surface area contributed by atoms with Crippen LogP contribution in [0.5, 0.6) is 0 Å². The van der Waals surface area contributed by atoms with E-state index >= 15 is 0 Å². The third-order valence-corrected chi connectivity index (χ3v) is 8.81. The Labute approximate surface area is 178 Å². The fourth-order valence-corrected chi connectivity index (χ4v) is 6.62. The number of benzene rings is 1. The van der Waals surface area contributed by atoms with E-state index in [9.17, 15) is 18.0 Å². The van der Waals surface area contributed by atoms with E-state index in [0.29, 0.717) is 43.9 Å². The molecule has 8 heteroatoms. The van der Waals surface area contributed by atoms with Crippen molar-refractivity contribution in [3.8, 4) is 0 Å². The lowest BCUT2D eigenvalue weighted by atomic mass is 10.1. The summed E-state index contributed by atoms with van der Waals surface area (Å²) >= 11 is 0. The monoisotopic (exact) mass is 431 g/mol. The van der Waals surface area contributed by atoms with Crippen LogP contribution >= 0.6 is 0 Å². The van der Waals surface area contributed by atoms with Crippen molar-refractivity contribution in [3.05, 3.63) is 23.8 Å². The number of likely N-dealkylation sites (tertiary alicyclic amines) is 1. The van der Waals surface area contributed by atoms with Crippen LogP contribution in [0.2, 0.25) is 0 Å². The van der Waals surface area contributed by atoms with Crippen LogP contribution in [0.25, 0.3) is 0 Å². The molecule has 7 nitrogen and oxygen atoms in total. The Morgan fingerprint density at radius 1 is 0.867 bits per heavy atom. The summed E-state index contributed by atoms with van der Waals surface area (Å²) in [6, 6.07) is 4.78. The van der Waals surface area contributed by atoms with E-state index in [4.69, 9.17) is 0 Å². The van der Waals surface area contributed by atoms with Crippen LogP contribution in [-0.4, -0.2) is 61.7 Å². The Morgan fingerprint density at radius 3 is 2.37 bits per heavy atom. The van der Waals surface area contributed by atoms with Gasteiger partial charge in [-0.2, -0.15) is 4.31 Å². The lowest BCUT2D eigenvalue weighted by Gasteiger charge is -2.28. The standard InChI is InChI=1S/C22H29N3O4S/c26-21(16-6-7-16)24-13-4-5-20(24)22(27)25-14-10-17-15-18(8-9-19(17)25)30(28,29)23-11-2-1-3-12-23/h8-9,15-16,20H,1-7,10-14H2. The maximum atomic E-state index is 13.3. The molecule has 1 aromatic carbocycles. The van der Waals surface area contributed by atoms with Crippen LogP contribution in [0, 0.1) is 5.92 Å². The molecule has 1 atom stereocenters. The zero-order chi connectivity index (χ0) is 20.9. The zero-order valence-corrected chi connectivity index (χ0v) is 18.1. The molecule has 3 aliphatic heterocycles. The average Bonchev–Trinajstić information content (AvgIpc) is 3.34. The number of piperidine rings is 1. The number of rotatable bonds is 4. The molecule has 0 aromatic heterocycles. The quantitative estimate of drug-likeness (QED) is 0.732. The number of anilines is 1. The van der Waals surface area contributed by atoms with Crippen molar-refractivity contribution < 1.29 is 18.0 Å². The van der Waals surface area contributed by atoms with E-state index in [1.54, 1.807) is 32.3 Å². The number of hydrogen-bond donors (Lipinski definition) is 0. The lowest BCUT2D eigenvalue weighted by molar-refractivity contribution is -0.138. The van der Waals surface area contributed by atoms with Crippen molar-refractivity contribution in [1.29, 1.82) is 0 Å². The van der Waals surface area contributed by atoms with Gasteiger partial charge in [-0.3, -0.25) is 9.59 Å². The summed E-state index contributed by atoms with van der Waals surface area (Å²) in [7, 11) is -3.48. The number of hydrogen-bond acceptors (Lipinski definition) is 4. The summed E-state index contributed by atoms with van der Waals surface area (Å²) in [5.74, 6) is 0.229. The second-order valence-corrected chi connectivity index (χ2v) is 10.9. The van der Waals surface area contributed by atoms with Crippen LogP contribution in [-0.2, 0) is 26.0 Å². The third-order valence-electron chi connectivity index (χ3n) is 6.91. The summed E-state index contributed by atoms with van der Waals surface area (Å²) in [5.41, 5.74) is 1.70. The molecule has 1 aliphatic carbocycles. The van der Waals surface area contributed by atoms with Crippen molar-refractivity contribution in [2.45, 2.75) is 62.3 Å². The number of sulfonamides is 1. The third kappa shape index (κ3) is 3.43. The Morgan fingerprint density at radius 2 is 1.63 bits per heavy atom. The highest BCUT2D eigenvalue weighted by Gasteiger charge is 2.43. The first-order chi connectivity index (χ1) is 14.5. The molecule has 0 spiro atoms.